The summed E-state index contributed by atoms with van der Waals surface area (Å²) in [5.41, 5.74) is -0.0984. The van der Waals surface area contributed by atoms with Gasteiger partial charge in [0.05, 0.1) is 23.6 Å². The molecular weight excluding hydrogens is 533 g/mol. The Labute approximate surface area is 225 Å². The zero-order valence-electron chi connectivity index (χ0n) is 21.1. The van der Waals surface area contributed by atoms with Crippen molar-refractivity contribution in [2.24, 2.45) is 0 Å². The van der Waals surface area contributed by atoms with Crippen LogP contribution in [0.15, 0.2) is 59.7 Å². The normalized spacial score (nSPS) is 14.0. The number of hydrogen-bond acceptors (Lipinski definition) is 4. The van der Waals surface area contributed by atoms with Gasteiger partial charge in [-0.3, -0.25) is 14.3 Å². The van der Waals surface area contributed by atoms with E-state index in [9.17, 15) is 31.5 Å². The quantitative estimate of drug-likeness (QED) is 0.316. The van der Waals surface area contributed by atoms with Gasteiger partial charge in [0.25, 0.3) is 5.56 Å². The molecule has 1 amide bonds. The van der Waals surface area contributed by atoms with E-state index in [2.05, 4.69) is 20.4 Å². The molecule has 0 radical (unpaired) electrons. The van der Waals surface area contributed by atoms with Gasteiger partial charge >= 0.3 is 6.18 Å². The Morgan fingerprint density at radius 3 is 2.45 bits per heavy atom. The summed E-state index contributed by atoms with van der Waals surface area (Å²) in [5.74, 6) is -2.36. The zero-order valence-corrected chi connectivity index (χ0v) is 21.1. The Morgan fingerprint density at radius 1 is 1.05 bits per heavy atom. The van der Waals surface area contributed by atoms with Crippen molar-refractivity contribution in [1.82, 2.24) is 25.1 Å². The number of hydrogen-bond donors (Lipinski definition) is 2. The molecule has 0 saturated heterocycles. The lowest BCUT2D eigenvalue weighted by Crippen LogP contribution is -2.35. The van der Waals surface area contributed by atoms with E-state index in [1.165, 1.54) is 0 Å². The van der Waals surface area contributed by atoms with Crippen LogP contribution in [0, 0.1) is 11.6 Å². The Bertz CT molecular complexity index is 1580. The molecule has 2 aromatic carbocycles. The van der Waals surface area contributed by atoms with Crippen molar-refractivity contribution in [3.63, 3.8) is 0 Å². The zero-order chi connectivity index (χ0) is 28.4. The summed E-state index contributed by atoms with van der Waals surface area (Å²) >= 11 is 0. The molecule has 2 N–H and O–H groups in total. The van der Waals surface area contributed by atoms with Crippen LogP contribution in [-0.2, 0) is 36.8 Å². The molecule has 0 saturated carbocycles. The summed E-state index contributed by atoms with van der Waals surface area (Å²) in [4.78, 5) is 33.0. The molecule has 0 fully saturated rings. The van der Waals surface area contributed by atoms with Crippen molar-refractivity contribution in [3.8, 4) is 11.1 Å². The van der Waals surface area contributed by atoms with Gasteiger partial charge in [-0.1, -0.05) is 30.3 Å². The number of benzene rings is 2. The first-order chi connectivity index (χ1) is 19.1. The number of amides is 1. The summed E-state index contributed by atoms with van der Waals surface area (Å²) in [6.45, 7) is -0.518. The first kappa shape index (κ1) is 27.2. The monoisotopic (exact) mass is 557 g/mol. The van der Waals surface area contributed by atoms with Gasteiger partial charge in [0, 0.05) is 17.3 Å². The van der Waals surface area contributed by atoms with Gasteiger partial charge in [-0.25, -0.2) is 13.8 Å². The summed E-state index contributed by atoms with van der Waals surface area (Å²) < 4.78 is 69.9. The average molecular weight is 558 g/mol. The van der Waals surface area contributed by atoms with Crippen molar-refractivity contribution >= 4 is 5.91 Å². The largest absolute Gasteiger partial charge is 0.435 e. The molecular formula is C28H24F5N5O2. The highest BCUT2D eigenvalue weighted by Gasteiger charge is 2.39. The second kappa shape index (κ2) is 11.0. The van der Waals surface area contributed by atoms with E-state index in [-0.39, 0.29) is 35.2 Å². The third-order valence-electron chi connectivity index (χ3n) is 6.79. The van der Waals surface area contributed by atoms with Gasteiger partial charge in [0.1, 0.15) is 18.2 Å². The molecule has 2 aromatic heterocycles. The summed E-state index contributed by atoms with van der Waals surface area (Å²) in [5, 5.41) is 6.45. The maximum atomic E-state index is 14.0. The fourth-order valence-corrected chi connectivity index (χ4v) is 5.15. The molecule has 7 nitrogen and oxygen atoms in total. The Morgan fingerprint density at radius 2 is 1.75 bits per heavy atom. The molecule has 1 atom stereocenters. The molecule has 5 rings (SSSR count). The Balaban J connectivity index is 1.52. The maximum Gasteiger partial charge on any atom is 0.435 e. The van der Waals surface area contributed by atoms with Crippen LogP contribution in [0.5, 0.6) is 0 Å². The molecule has 0 bridgehead atoms. The Hall–Kier alpha value is -4.35. The fraction of sp³-hybridized carbons (Fsp3) is 0.286. The minimum atomic E-state index is -4.66. The second-order valence-electron chi connectivity index (χ2n) is 9.60. The van der Waals surface area contributed by atoms with Crippen LogP contribution in [0.25, 0.3) is 11.1 Å². The number of rotatable bonds is 7. The highest BCUT2D eigenvalue weighted by molar-refractivity contribution is 5.77. The lowest BCUT2D eigenvalue weighted by atomic mass is 9.95. The predicted molar refractivity (Wildman–Crippen MR) is 135 cm³/mol. The van der Waals surface area contributed by atoms with E-state index in [4.69, 9.17) is 0 Å². The van der Waals surface area contributed by atoms with Crippen LogP contribution in [0.1, 0.15) is 47.1 Å². The summed E-state index contributed by atoms with van der Waals surface area (Å²) in [6.07, 6.45) is -1.83. The summed E-state index contributed by atoms with van der Waals surface area (Å²) in [6, 6.07) is 10.4. The van der Waals surface area contributed by atoms with Crippen molar-refractivity contribution < 1.29 is 26.7 Å². The van der Waals surface area contributed by atoms with E-state index in [0.29, 0.717) is 36.6 Å². The topological polar surface area (TPSA) is 92.7 Å². The number of aromatic amines is 1. The van der Waals surface area contributed by atoms with Crippen LogP contribution < -0.4 is 10.9 Å². The van der Waals surface area contributed by atoms with Gasteiger partial charge in [-0.15, -0.1) is 0 Å². The number of nitrogens with one attached hydrogen (secondary N) is 2. The molecule has 12 heteroatoms. The molecule has 208 valence electrons. The third-order valence-corrected chi connectivity index (χ3v) is 6.79. The highest BCUT2D eigenvalue weighted by atomic mass is 19.4. The smallest absolute Gasteiger partial charge is 0.346 e. The van der Waals surface area contributed by atoms with Gasteiger partial charge in [-0.2, -0.15) is 18.3 Å². The minimum absolute atomic E-state index is 0.0981. The van der Waals surface area contributed by atoms with E-state index < -0.39 is 47.6 Å². The first-order valence-electron chi connectivity index (χ1n) is 12.6. The number of carbonyl (C=O) groups is 1. The maximum absolute atomic E-state index is 14.0. The molecule has 40 heavy (non-hydrogen) atoms. The van der Waals surface area contributed by atoms with E-state index in [1.807, 2.05) is 0 Å². The number of alkyl halides is 3. The van der Waals surface area contributed by atoms with Crippen LogP contribution in [0.2, 0.25) is 0 Å². The van der Waals surface area contributed by atoms with Crippen molar-refractivity contribution in [2.45, 2.75) is 50.9 Å². The number of H-pyrrole nitrogens is 1. The standard InChI is InChI=1S/C28H24F5N5O2/c29-18-10-16(11-19(30)13-18)12-21(25-24(27(40)35-15-34-25)17-6-2-1-3-7-17)36-23(39)14-38-22-9-5-4-8-20(22)26(37-38)28(31,32)33/h1-3,6-7,10-11,13,15,21H,4-5,8-9,12,14H2,(H,36,39)(H,34,35,40). The number of halogens is 5. The molecule has 0 aliphatic heterocycles. The summed E-state index contributed by atoms with van der Waals surface area (Å²) in [7, 11) is 0. The lowest BCUT2D eigenvalue weighted by Gasteiger charge is -2.21. The SMILES string of the molecule is O=C(Cn1nc(C(F)(F)F)c2c1CCCC2)NC(Cc1cc(F)cc(F)c1)c1nc[nH]c(=O)c1-c1ccccc1. The van der Waals surface area contributed by atoms with Gasteiger partial charge < -0.3 is 10.3 Å². The molecule has 1 unspecified atom stereocenters. The predicted octanol–water partition coefficient (Wildman–Crippen LogP) is 4.91. The number of fused-ring (bicyclic) bond motifs is 1. The van der Waals surface area contributed by atoms with E-state index in [0.717, 1.165) is 23.1 Å². The second-order valence-corrected chi connectivity index (χ2v) is 9.60. The van der Waals surface area contributed by atoms with Gasteiger partial charge in [0.15, 0.2) is 5.69 Å². The number of aromatic nitrogens is 4. The van der Waals surface area contributed by atoms with Gasteiger partial charge in [0.2, 0.25) is 5.91 Å². The fourth-order valence-electron chi connectivity index (χ4n) is 5.15. The van der Waals surface area contributed by atoms with Gasteiger partial charge in [-0.05, 0) is 55.4 Å². The number of carbonyl (C=O) groups excluding carboxylic acids is 1. The molecule has 4 aromatic rings. The third kappa shape index (κ3) is 5.80. The molecule has 1 aliphatic carbocycles. The van der Waals surface area contributed by atoms with Crippen molar-refractivity contribution in [2.75, 3.05) is 0 Å². The van der Waals surface area contributed by atoms with E-state index >= 15 is 0 Å². The lowest BCUT2D eigenvalue weighted by molar-refractivity contribution is -0.142. The first-order valence-corrected chi connectivity index (χ1v) is 12.6. The minimum Gasteiger partial charge on any atom is -0.346 e. The van der Waals surface area contributed by atoms with Crippen LogP contribution >= 0.6 is 0 Å². The van der Waals surface area contributed by atoms with Crippen molar-refractivity contribution in [3.05, 3.63) is 105 Å². The van der Waals surface area contributed by atoms with Crippen molar-refractivity contribution in [1.29, 1.82) is 0 Å². The number of nitrogens with zero attached hydrogens (tertiary/aromatic N) is 3. The van der Waals surface area contributed by atoms with E-state index in [1.54, 1.807) is 30.3 Å². The van der Waals surface area contributed by atoms with Crippen LogP contribution in [0.3, 0.4) is 0 Å². The highest BCUT2D eigenvalue weighted by Crippen LogP contribution is 2.36. The van der Waals surface area contributed by atoms with Crippen LogP contribution in [-0.4, -0.2) is 25.7 Å². The Kier molecular flexibility index (Phi) is 7.51. The van der Waals surface area contributed by atoms with Crippen LogP contribution in [0.4, 0.5) is 22.0 Å². The molecule has 0 spiro atoms. The average Bonchev–Trinajstić information content (AvgIpc) is 3.27. The molecule has 1 aliphatic rings. The molecule has 2 heterocycles.